The van der Waals surface area contributed by atoms with Crippen LogP contribution in [0.2, 0.25) is 0 Å². The average molecular weight is 237 g/mol. The maximum atomic E-state index is 4.41. The fraction of sp³-hybridized carbons (Fsp3) is 0.786. The first-order chi connectivity index (χ1) is 8.27. The molecule has 1 unspecified atom stereocenters. The maximum absolute atomic E-state index is 4.41. The molecule has 0 saturated heterocycles. The Morgan fingerprint density at radius 1 is 1.24 bits per heavy atom. The predicted octanol–water partition coefficient (Wildman–Crippen LogP) is 3.52. The molecule has 3 nitrogen and oxygen atoms in total. The summed E-state index contributed by atoms with van der Waals surface area (Å²) in [6.07, 6.45) is 10.8. The van der Waals surface area contributed by atoms with Gasteiger partial charge in [-0.1, -0.05) is 39.5 Å². The van der Waals surface area contributed by atoms with Crippen molar-refractivity contribution in [1.82, 2.24) is 15.1 Å². The van der Waals surface area contributed by atoms with Gasteiger partial charge >= 0.3 is 0 Å². The van der Waals surface area contributed by atoms with Crippen LogP contribution in [-0.4, -0.2) is 16.3 Å². The largest absolute Gasteiger partial charge is 0.310 e. The summed E-state index contributed by atoms with van der Waals surface area (Å²) >= 11 is 0. The number of hydrogen-bond donors (Lipinski definition) is 1. The van der Waals surface area contributed by atoms with E-state index in [1.165, 1.54) is 37.7 Å². The van der Waals surface area contributed by atoms with E-state index in [-0.39, 0.29) is 0 Å². The number of aromatic nitrogens is 2. The van der Waals surface area contributed by atoms with Gasteiger partial charge < -0.3 is 5.32 Å². The van der Waals surface area contributed by atoms with Crippen LogP contribution in [0.3, 0.4) is 0 Å². The van der Waals surface area contributed by atoms with Gasteiger partial charge in [0.1, 0.15) is 0 Å². The summed E-state index contributed by atoms with van der Waals surface area (Å²) in [5.41, 5.74) is 1.29. The first kappa shape index (κ1) is 14.2. The molecule has 0 aliphatic rings. The van der Waals surface area contributed by atoms with Gasteiger partial charge in [0.15, 0.2) is 0 Å². The van der Waals surface area contributed by atoms with Crippen molar-refractivity contribution in [2.24, 2.45) is 0 Å². The van der Waals surface area contributed by atoms with Crippen LogP contribution in [0.4, 0.5) is 0 Å². The van der Waals surface area contributed by atoms with E-state index in [1.807, 2.05) is 6.20 Å². The van der Waals surface area contributed by atoms with Gasteiger partial charge in [-0.05, 0) is 19.9 Å². The topological polar surface area (TPSA) is 29.9 Å². The van der Waals surface area contributed by atoms with Crippen LogP contribution >= 0.6 is 0 Å². The molecule has 0 aromatic carbocycles. The number of nitrogens with zero attached hydrogens (tertiary/aromatic N) is 2. The van der Waals surface area contributed by atoms with Crippen LogP contribution in [0.5, 0.6) is 0 Å². The van der Waals surface area contributed by atoms with Gasteiger partial charge in [-0.15, -0.1) is 0 Å². The molecule has 0 radical (unpaired) electrons. The fourth-order valence-corrected chi connectivity index (χ4v) is 2.03. The molecule has 1 aromatic heterocycles. The second-order valence-corrected chi connectivity index (χ2v) is 4.73. The Morgan fingerprint density at radius 3 is 2.71 bits per heavy atom. The van der Waals surface area contributed by atoms with Gasteiger partial charge in [-0.25, -0.2) is 0 Å². The molecular weight excluding hydrogens is 210 g/mol. The molecule has 0 aliphatic carbocycles. The van der Waals surface area contributed by atoms with Gasteiger partial charge in [0.25, 0.3) is 0 Å². The molecule has 1 heterocycles. The molecule has 17 heavy (non-hydrogen) atoms. The van der Waals surface area contributed by atoms with E-state index in [9.17, 15) is 0 Å². The van der Waals surface area contributed by atoms with Crippen LogP contribution in [0, 0.1) is 0 Å². The minimum absolute atomic E-state index is 0.411. The second-order valence-electron chi connectivity index (χ2n) is 4.73. The van der Waals surface area contributed by atoms with Crippen LogP contribution in [-0.2, 0) is 6.54 Å². The Bertz CT molecular complexity index is 293. The zero-order chi connectivity index (χ0) is 12.5. The summed E-state index contributed by atoms with van der Waals surface area (Å²) in [6.45, 7) is 8.63. The minimum Gasteiger partial charge on any atom is -0.310 e. The van der Waals surface area contributed by atoms with Crippen LogP contribution in [0.1, 0.15) is 64.5 Å². The van der Waals surface area contributed by atoms with Gasteiger partial charge in [-0.2, -0.15) is 5.10 Å². The van der Waals surface area contributed by atoms with Gasteiger partial charge in [0.2, 0.25) is 0 Å². The van der Waals surface area contributed by atoms with E-state index in [0.717, 1.165) is 13.1 Å². The lowest BCUT2D eigenvalue weighted by Gasteiger charge is -2.08. The first-order valence-electron chi connectivity index (χ1n) is 7.03. The normalized spacial score (nSPS) is 12.9. The molecule has 3 heteroatoms. The quantitative estimate of drug-likeness (QED) is 0.666. The molecule has 0 bridgehead atoms. The number of unbranched alkanes of at least 4 members (excludes halogenated alkanes) is 4. The highest BCUT2D eigenvalue weighted by molar-refractivity contribution is 5.08. The second kappa shape index (κ2) is 8.29. The maximum Gasteiger partial charge on any atom is 0.0537 e. The summed E-state index contributed by atoms with van der Waals surface area (Å²) in [4.78, 5) is 0. The van der Waals surface area contributed by atoms with Gasteiger partial charge in [0.05, 0.1) is 6.20 Å². The summed E-state index contributed by atoms with van der Waals surface area (Å²) in [5, 5.41) is 7.82. The van der Waals surface area contributed by atoms with Crippen molar-refractivity contribution in [2.45, 2.75) is 65.5 Å². The Labute approximate surface area is 106 Å². The Kier molecular flexibility index (Phi) is 6.94. The third kappa shape index (κ3) is 5.35. The molecular formula is C14H27N3. The number of nitrogens with one attached hydrogen (secondary N) is 1. The van der Waals surface area contributed by atoms with E-state index >= 15 is 0 Å². The van der Waals surface area contributed by atoms with Crippen LogP contribution in [0.25, 0.3) is 0 Å². The molecule has 1 rings (SSSR count). The van der Waals surface area contributed by atoms with E-state index in [2.05, 4.69) is 42.1 Å². The molecule has 1 aromatic rings. The molecule has 0 aliphatic heterocycles. The highest BCUT2D eigenvalue weighted by Crippen LogP contribution is 2.11. The van der Waals surface area contributed by atoms with Crippen molar-refractivity contribution >= 4 is 0 Å². The highest BCUT2D eigenvalue weighted by atomic mass is 15.3. The molecule has 98 valence electrons. The SMILES string of the molecule is CCCCCCCn1cc(C(C)NCC)cn1. The minimum atomic E-state index is 0.411. The Balaban J connectivity index is 2.25. The van der Waals surface area contributed by atoms with Gasteiger partial charge in [-0.3, -0.25) is 4.68 Å². The van der Waals surface area contributed by atoms with E-state index in [0.29, 0.717) is 6.04 Å². The third-order valence-corrected chi connectivity index (χ3v) is 3.15. The summed E-state index contributed by atoms with van der Waals surface area (Å²) < 4.78 is 2.08. The van der Waals surface area contributed by atoms with Crippen molar-refractivity contribution in [1.29, 1.82) is 0 Å². The highest BCUT2D eigenvalue weighted by Gasteiger charge is 2.05. The lowest BCUT2D eigenvalue weighted by molar-refractivity contribution is 0.531. The molecule has 1 atom stereocenters. The lowest BCUT2D eigenvalue weighted by atomic mass is 10.1. The standard InChI is InChI=1S/C14H27N3/c1-4-6-7-8-9-10-17-12-14(11-16-17)13(3)15-5-2/h11-13,15H,4-10H2,1-3H3. The van der Waals surface area contributed by atoms with E-state index in [4.69, 9.17) is 0 Å². The van der Waals surface area contributed by atoms with Crippen LogP contribution in [0.15, 0.2) is 12.4 Å². The zero-order valence-corrected chi connectivity index (χ0v) is 11.6. The van der Waals surface area contributed by atoms with Crippen molar-refractivity contribution in [3.63, 3.8) is 0 Å². The van der Waals surface area contributed by atoms with Crippen molar-refractivity contribution in [3.8, 4) is 0 Å². The summed E-state index contributed by atoms with van der Waals surface area (Å²) in [5.74, 6) is 0. The number of rotatable bonds is 9. The average Bonchev–Trinajstić information content (AvgIpc) is 2.78. The first-order valence-corrected chi connectivity index (χ1v) is 7.03. The van der Waals surface area contributed by atoms with E-state index < -0.39 is 0 Å². The molecule has 1 N–H and O–H groups in total. The van der Waals surface area contributed by atoms with Gasteiger partial charge in [0, 0.05) is 24.3 Å². The van der Waals surface area contributed by atoms with Crippen LogP contribution < -0.4 is 5.32 Å². The van der Waals surface area contributed by atoms with Crippen molar-refractivity contribution < 1.29 is 0 Å². The molecule has 0 spiro atoms. The fourth-order valence-electron chi connectivity index (χ4n) is 2.03. The number of hydrogen-bond acceptors (Lipinski definition) is 2. The monoisotopic (exact) mass is 237 g/mol. The predicted molar refractivity (Wildman–Crippen MR) is 73.1 cm³/mol. The molecule has 0 saturated carbocycles. The van der Waals surface area contributed by atoms with Crippen molar-refractivity contribution in [2.75, 3.05) is 6.54 Å². The lowest BCUT2D eigenvalue weighted by Crippen LogP contribution is -2.17. The van der Waals surface area contributed by atoms with Crippen molar-refractivity contribution in [3.05, 3.63) is 18.0 Å². The number of aryl methyl sites for hydroxylation is 1. The summed E-state index contributed by atoms with van der Waals surface area (Å²) in [7, 11) is 0. The molecule has 0 fully saturated rings. The Hall–Kier alpha value is -0.830. The smallest absolute Gasteiger partial charge is 0.0537 e. The summed E-state index contributed by atoms with van der Waals surface area (Å²) in [6, 6.07) is 0.411. The Morgan fingerprint density at radius 2 is 2.00 bits per heavy atom. The molecule has 0 amide bonds. The third-order valence-electron chi connectivity index (χ3n) is 3.15. The zero-order valence-electron chi connectivity index (χ0n) is 11.6. The van der Waals surface area contributed by atoms with E-state index in [1.54, 1.807) is 0 Å².